The topological polar surface area (TPSA) is 52.4 Å². The van der Waals surface area contributed by atoms with Gasteiger partial charge in [0.05, 0.1) is 4.92 Å². The Bertz CT molecular complexity index is 707. The van der Waals surface area contributed by atoms with Crippen LogP contribution in [0.1, 0.15) is 11.1 Å². The maximum absolute atomic E-state index is 12.2. The van der Waals surface area contributed by atoms with E-state index in [1.165, 1.54) is 30.0 Å². The lowest BCUT2D eigenvalue weighted by molar-refractivity contribution is -0.385. The normalized spacial score (nSPS) is 10.8. The number of alkyl halides is 2. The molecule has 0 saturated carbocycles. The molecule has 0 amide bonds. The molecule has 0 unspecified atom stereocenters. The Balaban J connectivity index is 2.27. The van der Waals surface area contributed by atoms with E-state index in [0.717, 1.165) is 15.4 Å². The molecule has 4 nitrogen and oxygen atoms in total. The van der Waals surface area contributed by atoms with E-state index in [1.54, 1.807) is 32.0 Å². The molecule has 0 N–H and O–H groups in total. The number of benzene rings is 2. The van der Waals surface area contributed by atoms with Gasteiger partial charge in [-0.25, -0.2) is 0 Å². The third-order valence-corrected chi connectivity index (χ3v) is 4.10. The molecule has 0 fully saturated rings. The first-order chi connectivity index (χ1) is 10.4. The van der Waals surface area contributed by atoms with Gasteiger partial charge in [-0.05, 0) is 43.7 Å². The molecular weight excluding hydrogens is 312 g/mol. The van der Waals surface area contributed by atoms with Gasteiger partial charge in [-0.2, -0.15) is 8.78 Å². The number of ether oxygens (including phenoxy) is 1. The van der Waals surface area contributed by atoms with Crippen LogP contribution in [0, 0.1) is 24.0 Å². The number of halogens is 2. The summed E-state index contributed by atoms with van der Waals surface area (Å²) in [6.07, 6.45) is 0. The third kappa shape index (κ3) is 3.94. The molecule has 0 radical (unpaired) electrons. The van der Waals surface area contributed by atoms with E-state index in [0.29, 0.717) is 5.56 Å². The lowest BCUT2D eigenvalue weighted by atomic mass is 10.1. The van der Waals surface area contributed by atoms with Crippen molar-refractivity contribution < 1.29 is 18.4 Å². The minimum absolute atomic E-state index is 0.0663. The van der Waals surface area contributed by atoms with Crippen LogP contribution in [0.3, 0.4) is 0 Å². The number of nitro benzene ring substituents is 1. The molecule has 2 aromatic carbocycles. The Morgan fingerprint density at radius 3 is 2.55 bits per heavy atom. The Kier molecular flexibility index (Phi) is 4.97. The van der Waals surface area contributed by atoms with E-state index < -0.39 is 11.5 Å². The minimum atomic E-state index is -2.87. The van der Waals surface area contributed by atoms with E-state index in [-0.39, 0.29) is 11.4 Å². The zero-order chi connectivity index (χ0) is 16.3. The zero-order valence-electron chi connectivity index (χ0n) is 11.9. The van der Waals surface area contributed by atoms with Gasteiger partial charge in [-0.15, -0.1) is 0 Å². The summed E-state index contributed by atoms with van der Waals surface area (Å²) in [5.41, 5.74) is 1.37. The molecular formula is C15H13F2NO3S. The summed E-state index contributed by atoms with van der Waals surface area (Å²) < 4.78 is 28.8. The fraction of sp³-hybridized carbons (Fsp3) is 0.200. The van der Waals surface area contributed by atoms with Gasteiger partial charge >= 0.3 is 6.61 Å². The van der Waals surface area contributed by atoms with E-state index in [2.05, 4.69) is 4.74 Å². The Hall–Kier alpha value is -2.15. The number of nitro groups is 1. The fourth-order valence-corrected chi connectivity index (χ4v) is 2.95. The molecule has 0 heterocycles. The predicted molar refractivity (Wildman–Crippen MR) is 79.8 cm³/mol. The van der Waals surface area contributed by atoms with Gasteiger partial charge in [-0.3, -0.25) is 10.1 Å². The Morgan fingerprint density at radius 2 is 1.91 bits per heavy atom. The van der Waals surface area contributed by atoms with Gasteiger partial charge in [0, 0.05) is 21.4 Å². The summed E-state index contributed by atoms with van der Waals surface area (Å²) in [4.78, 5) is 12.0. The molecule has 22 heavy (non-hydrogen) atoms. The van der Waals surface area contributed by atoms with Gasteiger partial charge in [-0.1, -0.05) is 17.8 Å². The first-order valence-electron chi connectivity index (χ1n) is 6.35. The SMILES string of the molecule is Cc1cc([N+](=O)[O-])c(C)cc1Sc1cccc(OC(F)F)c1. The fourth-order valence-electron chi connectivity index (χ4n) is 1.92. The molecule has 7 heteroatoms. The van der Waals surface area contributed by atoms with Crippen molar-refractivity contribution in [3.05, 3.63) is 57.6 Å². The van der Waals surface area contributed by atoms with Crippen LogP contribution < -0.4 is 4.74 Å². The summed E-state index contributed by atoms with van der Waals surface area (Å²) in [6.45, 7) is 0.565. The highest BCUT2D eigenvalue weighted by Crippen LogP contribution is 2.35. The van der Waals surface area contributed by atoms with Crippen molar-refractivity contribution in [2.75, 3.05) is 0 Å². The average Bonchev–Trinajstić information content (AvgIpc) is 2.42. The van der Waals surface area contributed by atoms with Crippen molar-refractivity contribution in [1.82, 2.24) is 0 Å². The van der Waals surface area contributed by atoms with Crippen LogP contribution in [-0.4, -0.2) is 11.5 Å². The van der Waals surface area contributed by atoms with Crippen molar-refractivity contribution in [3.63, 3.8) is 0 Å². The lowest BCUT2D eigenvalue weighted by Crippen LogP contribution is -2.01. The first kappa shape index (κ1) is 16.2. The molecule has 0 aliphatic rings. The van der Waals surface area contributed by atoms with Crippen molar-refractivity contribution in [2.24, 2.45) is 0 Å². The van der Waals surface area contributed by atoms with Gasteiger partial charge in [0.2, 0.25) is 0 Å². The van der Waals surface area contributed by atoms with Gasteiger partial charge in [0.15, 0.2) is 0 Å². The Morgan fingerprint density at radius 1 is 1.18 bits per heavy atom. The number of rotatable bonds is 5. The number of nitrogens with zero attached hydrogens (tertiary/aromatic N) is 1. The first-order valence-corrected chi connectivity index (χ1v) is 7.17. The number of aryl methyl sites for hydroxylation is 2. The molecule has 0 aromatic heterocycles. The molecule has 0 bridgehead atoms. The second-order valence-electron chi connectivity index (χ2n) is 4.62. The summed E-state index contributed by atoms with van der Waals surface area (Å²) in [6, 6.07) is 9.57. The van der Waals surface area contributed by atoms with Crippen molar-refractivity contribution in [1.29, 1.82) is 0 Å². The third-order valence-electron chi connectivity index (χ3n) is 2.95. The quantitative estimate of drug-likeness (QED) is 0.575. The van der Waals surface area contributed by atoms with Gasteiger partial charge in [0.1, 0.15) is 5.75 Å². The van der Waals surface area contributed by atoms with Gasteiger partial charge < -0.3 is 4.74 Å². The predicted octanol–water partition coefficient (Wildman–Crippen LogP) is 4.96. The second kappa shape index (κ2) is 6.74. The van der Waals surface area contributed by atoms with Crippen LogP contribution in [-0.2, 0) is 0 Å². The standard InChI is InChI=1S/C15H13F2NO3S/c1-9-7-14(10(2)6-13(9)18(19)20)22-12-5-3-4-11(8-12)21-15(16)17/h3-8,15H,1-2H3. The van der Waals surface area contributed by atoms with Crippen LogP contribution in [0.15, 0.2) is 46.2 Å². The largest absolute Gasteiger partial charge is 0.435 e. The van der Waals surface area contributed by atoms with Gasteiger partial charge in [0.25, 0.3) is 5.69 Å². The van der Waals surface area contributed by atoms with Crippen LogP contribution >= 0.6 is 11.8 Å². The second-order valence-corrected chi connectivity index (χ2v) is 5.73. The molecule has 0 spiro atoms. The average molecular weight is 325 g/mol. The molecule has 2 aromatic rings. The number of hydrogen-bond acceptors (Lipinski definition) is 4. The Labute approximate surface area is 130 Å². The van der Waals surface area contributed by atoms with E-state index >= 15 is 0 Å². The highest BCUT2D eigenvalue weighted by molar-refractivity contribution is 7.99. The lowest BCUT2D eigenvalue weighted by Gasteiger charge is -2.09. The monoisotopic (exact) mass is 325 g/mol. The van der Waals surface area contributed by atoms with Crippen molar-refractivity contribution in [3.8, 4) is 5.75 Å². The molecule has 0 saturated heterocycles. The van der Waals surface area contributed by atoms with Crippen LogP contribution in [0.2, 0.25) is 0 Å². The van der Waals surface area contributed by atoms with E-state index in [4.69, 9.17) is 0 Å². The maximum atomic E-state index is 12.2. The van der Waals surface area contributed by atoms with Crippen LogP contribution in [0.5, 0.6) is 5.75 Å². The highest BCUT2D eigenvalue weighted by atomic mass is 32.2. The van der Waals surface area contributed by atoms with Crippen LogP contribution in [0.25, 0.3) is 0 Å². The highest BCUT2D eigenvalue weighted by Gasteiger charge is 2.14. The van der Waals surface area contributed by atoms with Crippen LogP contribution in [0.4, 0.5) is 14.5 Å². The molecule has 116 valence electrons. The molecule has 2 rings (SSSR count). The summed E-state index contributed by atoms with van der Waals surface area (Å²) in [5.74, 6) is 0.0799. The maximum Gasteiger partial charge on any atom is 0.387 e. The molecule has 0 aliphatic carbocycles. The smallest absolute Gasteiger partial charge is 0.387 e. The molecule has 0 aliphatic heterocycles. The number of hydrogen-bond donors (Lipinski definition) is 0. The van der Waals surface area contributed by atoms with Crippen molar-refractivity contribution in [2.45, 2.75) is 30.2 Å². The summed E-state index contributed by atoms with van der Waals surface area (Å²) >= 11 is 1.34. The van der Waals surface area contributed by atoms with Crippen molar-refractivity contribution >= 4 is 17.4 Å². The van der Waals surface area contributed by atoms with E-state index in [9.17, 15) is 18.9 Å². The zero-order valence-corrected chi connectivity index (χ0v) is 12.7. The minimum Gasteiger partial charge on any atom is -0.435 e. The van der Waals surface area contributed by atoms with E-state index in [1.807, 2.05) is 0 Å². The molecule has 0 atom stereocenters. The summed E-state index contributed by atoms with van der Waals surface area (Å²) in [5, 5.41) is 10.9. The summed E-state index contributed by atoms with van der Waals surface area (Å²) in [7, 11) is 0.